The molecule has 146 valence electrons. The van der Waals surface area contributed by atoms with Gasteiger partial charge in [-0.3, -0.25) is 9.69 Å². The first-order valence-corrected chi connectivity index (χ1v) is 10.8. The van der Waals surface area contributed by atoms with Crippen molar-refractivity contribution in [2.45, 2.75) is 32.6 Å². The highest BCUT2D eigenvalue weighted by atomic mass is 32.2. The van der Waals surface area contributed by atoms with Crippen molar-refractivity contribution in [3.63, 3.8) is 0 Å². The van der Waals surface area contributed by atoms with E-state index in [2.05, 4.69) is 18.7 Å². The van der Waals surface area contributed by atoms with E-state index >= 15 is 0 Å². The molecule has 0 radical (unpaired) electrons. The minimum atomic E-state index is -3.49. The Morgan fingerprint density at radius 2 is 1.58 bits per heavy atom. The van der Waals surface area contributed by atoms with Gasteiger partial charge in [0.1, 0.15) is 0 Å². The SMILES string of the molecule is CCN(CC)S(=O)(=O)c1ccc(C(=O)N2CCN(CC(C)C)CC2)cc1. The monoisotopic (exact) mass is 381 g/mol. The van der Waals surface area contributed by atoms with Crippen LogP contribution < -0.4 is 0 Å². The molecular formula is C19H31N3O3S. The highest BCUT2D eigenvalue weighted by Crippen LogP contribution is 2.17. The van der Waals surface area contributed by atoms with E-state index < -0.39 is 10.0 Å². The van der Waals surface area contributed by atoms with Crippen LogP contribution in [-0.4, -0.2) is 74.2 Å². The van der Waals surface area contributed by atoms with Gasteiger partial charge in [-0.05, 0) is 30.2 Å². The first kappa shape index (κ1) is 20.9. The summed E-state index contributed by atoms with van der Waals surface area (Å²) in [7, 11) is -3.49. The number of benzene rings is 1. The predicted octanol–water partition coefficient (Wildman–Crippen LogP) is 2.13. The van der Waals surface area contributed by atoms with Gasteiger partial charge in [0.25, 0.3) is 5.91 Å². The second-order valence-electron chi connectivity index (χ2n) is 7.10. The summed E-state index contributed by atoms with van der Waals surface area (Å²) in [5.41, 5.74) is 0.542. The summed E-state index contributed by atoms with van der Waals surface area (Å²) in [4.78, 5) is 17.2. The molecule has 1 aliphatic rings. The lowest BCUT2D eigenvalue weighted by atomic mass is 10.1. The molecule has 7 heteroatoms. The predicted molar refractivity (Wildman–Crippen MR) is 104 cm³/mol. The summed E-state index contributed by atoms with van der Waals surface area (Å²) < 4.78 is 26.5. The zero-order valence-electron chi connectivity index (χ0n) is 16.3. The molecule has 1 heterocycles. The second kappa shape index (κ2) is 8.97. The third-order valence-electron chi connectivity index (χ3n) is 4.73. The first-order chi connectivity index (χ1) is 12.3. The summed E-state index contributed by atoms with van der Waals surface area (Å²) in [5.74, 6) is 0.596. The molecule has 0 aromatic heterocycles. The maximum Gasteiger partial charge on any atom is 0.253 e. The molecule has 1 aromatic rings. The minimum absolute atomic E-state index is 0.0269. The lowest BCUT2D eigenvalue weighted by Crippen LogP contribution is -2.49. The van der Waals surface area contributed by atoms with E-state index in [1.807, 2.05) is 18.7 Å². The molecule has 1 aromatic carbocycles. The summed E-state index contributed by atoms with van der Waals surface area (Å²) in [6.07, 6.45) is 0. The molecule has 26 heavy (non-hydrogen) atoms. The van der Waals surface area contributed by atoms with Crippen LogP contribution in [0.25, 0.3) is 0 Å². The van der Waals surface area contributed by atoms with E-state index in [9.17, 15) is 13.2 Å². The Morgan fingerprint density at radius 3 is 2.04 bits per heavy atom. The van der Waals surface area contributed by atoms with Crippen LogP contribution in [0.2, 0.25) is 0 Å². The summed E-state index contributed by atoms with van der Waals surface area (Å²) in [5, 5.41) is 0. The molecule has 0 aliphatic carbocycles. The van der Waals surface area contributed by atoms with E-state index in [4.69, 9.17) is 0 Å². The average Bonchev–Trinajstić information content (AvgIpc) is 2.62. The number of nitrogens with zero attached hydrogens (tertiary/aromatic N) is 3. The van der Waals surface area contributed by atoms with Gasteiger partial charge in [0.05, 0.1) is 4.90 Å². The van der Waals surface area contributed by atoms with Gasteiger partial charge < -0.3 is 4.90 Å². The average molecular weight is 382 g/mol. The zero-order valence-corrected chi connectivity index (χ0v) is 17.1. The van der Waals surface area contributed by atoms with Crippen molar-refractivity contribution in [1.82, 2.24) is 14.1 Å². The molecule has 0 atom stereocenters. The molecule has 1 saturated heterocycles. The zero-order chi connectivity index (χ0) is 19.3. The van der Waals surface area contributed by atoms with Crippen molar-refractivity contribution >= 4 is 15.9 Å². The Labute approximate surface area is 157 Å². The van der Waals surface area contributed by atoms with Crippen LogP contribution in [0.3, 0.4) is 0 Å². The van der Waals surface area contributed by atoms with E-state index in [1.54, 1.807) is 12.1 Å². The lowest BCUT2D eigenvalue weighted by Gasteiger charge is -2.35. The van der Waals surface area contributed by atoms with Crippen LogP contribution in [-0.2, 0) is 10.0 Å². The van der Waals surface area contributed by atoms with Crippen LogP contribution in [0.4, 0.5) is 0 Å². The minimum Gasteiger partial charge on any atom is -0.336 e. The third-order valence-corrected chi connectivity index (χ3v) is 6.79. The number of amides is 1. The Bertz CT molecular complexity index is 689. The number of sulfonamides is 1. The largest absolute Gasteiger partial charge is 0.336 e. The van der Waals surface area contributed by atoms with Gasteiger partial charge in [-0.15, -0.1) is 0 Å². The highest BCUT2D eigenvalue weighted by molar-refractivity contribution is 7.89. The molecule has 0 unspecified atom stereocenters. The summed E-state index contributed by atoms with van der Waals surface area (Å²) in [6, 6.07) is 6.32. The van der Waals surface area contributed by atoms with Crippen LogP contribution in [0.1, 0.15) is 38.1 Å². The normalized spacial score (nSPS) is 16.5. The van der Waals surface area contributed by atoms with Crippen molar-refractivity contribution in [3.8, 4) is 0 Å². The molecule has 2 rings (SSSR count). The van der Waals surface area contributed by atoms with Crippen LogP contribution in [0.15, 0.2) is 29.2 Å². The smallest absolute Gasteiger partial charge is 0.253 e. The lowest BCUT2D eigenvalue weighted by molar-refractivity contribution is 0.0623. The van der Waals surface area contributed by atoms with E-state index in [1.165, 1.54) is 16.4 Å². The van der Waals surface area contributed by atoms with Crippen molar-refractivity contribution in [2.75, 3.05) is 45.8 Å². The molecule has 0 spiro atoms. The molecule has 0 N–H and O–H groups in total. The van der Waals surface area contributed by atoms with Crippen molar-refractivity contribution in [3.05, 3.63) is 29.8 Å². The van der Waals surface area contributed by atoms with Gasteiger partial charge in [-0.1, -0.05) is 27.7 Å². The number of piperazine rings is 1. The van der Waals surface area contributed by atoms with E-state index in [0.29, 0.717) is 37.7 Å². The van der Waals surface area contributed by atoms with E-state index in [0.717, 1.165) is 19.6 Å². The number of carbonyl (C=O) groups excluding carboxylic acids is 1. The number of rotatable bonds is 7. The van der Waals surface area contributed by atoms with Gasteiger partial charge in [0.15, 0.2) is 0 Å². The first-order valence-electron chi connectivity index (χ1n) is 9.41. The quantitative estimate of drug-likeness (QED) is 0.726. The Kier molecular flexibility index (Phi) is 7.20. The number of hydrogen-bond acceptors (Lipinski definition) is 4. The van der Waals surface area contributed by atoms with Crippen LogP contribution in [0.5, 0.6) is 0 Å². The standard InChI is InChI=1S/C19H31N3O3S/c1-5-22(6-2)26(24,25)18-9-7-17(8-10-18)19(23)21-13-11-20(12-14-21)15-16(3)4/h7-10,16H,5-6,11-15H2,1-4H3. The van der Waals surface area contributed by atoms with Gasteiger partial charge in [0, 0.05) is 51.4 Å². The fourth-order valence-electron chi connectivity index (χ4n) is 3.31. The Balaban J connectivity index is 2.04. The Morgan fingerprint density at radius 1 is 1.04 bits per heavy atom. The Hall–Kier alpha value is -1.44. The van der Waals surface area contributed by atoms with Crippen molar-refractivity contribution in [2.24, 2.45) is 5.92 Å². The van der Waals surface area contributed by atoms with Gasteiger partial charge in [-0.2, -0.15) is 4.31 Å². The summed E-state index contributed by atoms with van der Waals surface area (Å²) in [6.45, 7) is 13.2. The molecule has 6 nitrogen and oxygen atoms in total. The fourth-order valence-corrected chi connectivity index (χ4v) is 4.77. The number of carbonyl (C=O) groups is 1. The second-order valence-corrected chi connectivity index (χ2v) is 9.04. The topological polar surface area (TPSA) is 60.9 Å². The fraction of sp³-hybridized carbons (Fsp3) is 0.632. The molecule has 1 aliphatic heterocycles. The highest BCUT2D eigenvalue weighted by Gasteiger charge is 2.24. The molecular weight excluding hydrogens is 350 g/mol. The van der Waals surface area contributed by atoms with Crippen LogP contribution in [0, 0.1) is 5.92 Å². The molecule has 0 bridgehead atoms. The third kappa shape index (κ3) is 4.84. The van der Waals surface area contributed by atoms with Gasteiger partial charge >= 0.3 is 0 Å². The van der Waals surface area contributed by atoms with Crippen molar-refractivity contribution in [1.29, 1.82) is 0 Å². The van der Waals surface area contributed by atoms with Crippen molar-refractivity contribution < 1.29 is 13.2 Å². The van der Waals surface area contributed by atoms with Gasteiger partial charge in [0.2, 0.25) is 10.0 Å². The number of hydrogen-bond donors (Lipinski definition) is 0. The maximum absolute atomic E-state index is 12.7. The molecule has 1 amide bonds. The summed E-state index contributed by atoms with van der Waals surface area (Å²) >= 11 is 0. The molecule has 0 saturated carbocycles. The maximum atomic E-state index is 12.7. The van der Waals surface area contributed by atoms with Gasteiger partial charge in [-0.25, -0.2) is 8.42 Å². The molecule has 1 fully saturated rings. The van der Waals surface area contributed by atoms with E-state index in [-0.39, 0.29) is 10.8 Å². The van der Waals surface area contributed by atoms with Crippen LogP contribution >= 0.6 is 0 Å².